The Morgan fingerprint density at radius 1 is 1.43 bits per heavy atom. The summed E-state index contributed by atoms with van der Waals surface area (Å²) in [6.45, 7) is 0.159. The molecule has 1 atom stereocenters. The number of rotatable bonds is 5. The van der Waals surface area contributed by atoms with Crippen molar-refractivity contribution in [3.05, 3.63) is 0 Å². The van der Waals surface area contributed by atoms with Gasteiger partial charge in [0.2, 0.25) is 0 Å². The lowest BCUT2D eigenvalue weighted by atomic mass is 10.2. The fourth-order valence-electron chi connectivity index (χ4n) is 0.910. The van der Waals surface area contributed by atoms with Crippen molar-refractivity contribution in [3.8, 4) is 0 Å². The summed E-state index contributed by atoms with van der Waals surface area (Å²) < 4.78 is 0. The van der Waals surface area contributed by atoms with Crippen LogP contribution in [0, 0.1) is 0 Å². The second kappa shape index (κ2) is 4.80. The molecule has 6 heteroatoms. The van der Waals surface area contributed by atoms with Gasteiger partial charge in [-0.05, 0) is 12.8 Å². The van der Waals surface area contributed by atoms with Crippen LogP contribution in [0.1, 0.15) is 19.3 Å². The van der Waals surface area contributed by atoms with Gasteiger partial charge in [-0.15, -0.1) is 0 Å². The molecular weight excluding hydrogens is 188 g/mol. The number of amides is 2. The molecule has 1 aliphatic carbocycles. The fraction of sp³-hybridized carbons (Fsp3) is 0.750. The zero-order chi connectivity index (χ0) is 10.6. The number of carboxylic acids is 1. The smallest absolute Gasteiger partial charge is 0.332 e. The molecule has 14 heavy (non-hydrogen) atoms. The number of aliphatic hydroxyl groups is 1. The van der Waals surface area contributed by atoms with Crippen molar-refractivity contribution in [1.82, 2.24) is 10.6 Å². The van der Waals surface area contributed by atoms with Gasteiger partial charge in [0.05, 0.1) is 0 Å². The number of aliphatic hydroxyl groups excluding tert-OH is 1. The van der Waals surface area contributed by atoms with Crippen LogP contribution in [0.5, 0.6) is 0 Å². The number of aliphatic carboxylic acids is 1. The van der Waals surface area contributed by atoms with E-state index in [9.17, 15) is 9.59 Å². The number of nitrogens with one attached hydrogen (secondary N) is 2. The molecule has 0 aromatic heterocycles. The highest BCUT2D eigenvalue weighted by Gasteiger charge is 2.23. The SMILES string of the molecule is O=C(NCC[C@H](O)C(=O)O)NC1CC1. The molecule has 0 spiro atoms. The maximum atomic E-state index is 11.0. The van der Waals surface area contributed by atoms with E-state index in [4.69, 9.17) is 10.2 Å². The van der Waals surface area contributed by atoms with E-state index >= 15 is 0 Å². The lowest BCUT2D eigenvalue weighted by molar-refractivity contribution is -0.146. The minimum atomic E-state index is -1.41. The highest BCUT2D eigenvalue weighted by atomic mass is 16.4. The van der Waals surface area contributed by atoms with Crippen molar-refractivity contribution < 1.29 is 19.8 Å². The molecule has 2 amide bonds. The Labute approximate surface area is 81.3 Å². The highest BCUT2D eigenvalue weighted by molar-refractivity contribution is 5.75. The van der Waals surface area contributed by atoms with Gasteiger partial charge in [0.25, 0.3) is 0 Å². The minimum Gasteiger partial charge on any atom is -0.479 e. The van der Waals surface area contributed by atoms with E-state index in [1.54, 1.807) is 0 Å². The van der Waals surface area contributed by atoms with Crippen molar-refractivity contribution >= 4 is 12.0 Å². The summed E-state index contributed by atoms with van der Waals surface area (Å²) in [4.78, 5) is 21.2. The Balaban J connectivity index is 2.01. The molecule has 0 bridgehead atoms. The molecular formula is C8H14N2O4. The summed E-state index contributed by atoms with van der Waals surface area (Å²) in [5.74, 6) is -1.27. The van der Waals surface area contributed by atoms with Crippen molar-refractivity contribution in [1.29, 1.82) is 0 Å². The lowest BCUT2D eigenvalue weighted by Gasteiger charge is -2.07. The molecule has 0 aromatic rings. The van der Waals surface area contributed by atoms with Gasteiger partial charge in [-0.3, -0.25) is 0 Å². The van der Waals surface area contributed by atoms with Crippen molar-refractivity contribution in [2.75, 3.05) is 6.54 Å². The third kappa shape index (κ3) is 4.08. The first-order valence-corrected chi connectivity index (χ1v) is 4.55. The molecule has 0 aromatic carbocycles. The number of urea groups is 1. The van der Waals surface area contributed by atoms with E-state index in [0.717, 1.165) is 12.8 Å². The maximum Gasteiger partial charge on any atom is 0.332 e. The van der Waals surface area contributed by atoms with Crippen LogP contribution < -0.4 is 10.6 Å². The summed E-state index contributed by atoms with van der Waals surface area (Å²) in [6.07, 6.45) is 0.625. The Morgan fingerprint density at radius 2 is 2.07 bits per heavy atom. The predicted molar refractivity (Wildman–Crippen MR) is 47.8 cm³/mol. The third-order valence-corrected chi connectivity index (χ3v) is 1.90. The molecule has 80 valence electrons. The second-order valence-electron chi connectivity index (χ2n) is 3.32. The number of hydrogen-bond acceptors (Lipinski definition) is 3. The summed E-state index contributed by atoms with van der Waals surface area (Å²) in [5.41, 5.74) is 0. The topological polar surface area (TPSA) is 98.7 Å². The van der Waals surface area contributed by atoms with Gasteiger partial charge >= 0.3 is 12.0 Å². The van der Waals surface area contributed by atoms with Gasteiger partial charge in [-0.2, -0.15) is 0 Å². The minimum absolute atomic E-state index is 0.0212. The van der Waals surface area contributed by atoms with E-state index in [0.29, 0.717) is 0 Å². The number of carbonyl (C=O) groups is 2. The van der Waals surface area contributed by atoms with Crippen LogP contribution in [0.4, 0.5) is 4.79 Å². The molecule has 1 rings (SSSR count). The summed E-state index contributed by atoms with van der Waals surface area (Å²) >= 11 is 0. The van der Waals surface area contributed by atoms with E-state index in [1.807, 2.05) is 0 Å². The third-order valence-electron chi connectivity index (χ3n) is 1.90. The van der Waals surface area contributed by atoms with E-state index in [-0.39, 0.29) is 25.0 Å². The first-order chi connectivity index (χ1) is 6.59. The van der Waals surface area contributed by atoms with Crippen LogP contribution >= 0.6 is 0 Å². The molecule has 6 nitrogen and oxygen atoms in total. The van der Waals surface area contributed by atoms with E-state index in [1.165, 1.54) is 0 Å². The molecule has 0 aliphatic heterocycles. The fourth-order valence-corrected chi connectivity index (χ4v) is 0.910. The van der Waals surface area contributed by atoms with Gasteiger partial charge in [-0.1, -0.05) is 0 Å². The number of carbonyl (C=O) groups excluding carboxylic acids is 1. The summed E-state index contributed by atoms with van der Waals surface area (Å²) in [7, 11) is 0. The molecule has 0 heterocycles. The second-order valence-corrected chi connectivity index (χ2v) is 3.32. The van der Waals surface area contributed by atoms with Gasteiger partial charge in [0.1, 0.15) is 0 Å². The van der Waals surface area contributed by atoms with E-state index < -0.39 is 12.1 Å². The highest BCUT2D eigenvalue weighted by Crippen LogP contribution is 2.18. The number of carboxylic acid groups (broad SMARTS) is 1. The molecule has 1 fully saturated rings. The van der Waals surface area contributed by atoms with Crippen LogP contribution in [-0.4, -0.2) is 40.9 Å². The van der Waals surface area contributed by atoms with E-state index in [2.05, 4.69) is 10.6 Å². The summed E-state index contributed by atoms with van der Waals surface area (Å²) in [6, 6.07) is -0.0236. The first-order valence-electron chi connectivity index (χ1n) is 4.55. The van der Waals surface area contributed by atoms with Crippen LogP contribution in [0.25, 0.3) is 0 Å². The molecule has 0 radical (unpaired) electrons. The predicted octanol–water partition coefficient (Wildman–Crippen LogP) is -0.716. The molecule has 1 aliphatic rings. The Bertz CT molecular complexity index is 227. The van der Waals surface area contributed by atoms with Crippen LogP contribution in [0.15, 0.2) is 0 Å². The Kier molecular flexibility index (Phi) is 3.70. The van der Waals surface area contributed by atoms with Gasteiger partial charge < -0.3 is 20.8 Å². The monoisotopic (exact) mass is 202 g/mol. The van der Waals surface area contributed by atoms with Crippen LogP contribution in [0.2, 0.25) is 0 Å². The van der Waals surface area contributed by atoms with Crippen LogP contribution in [-0.2, 0) is 4.79 Å². The number of hydrogen-bond donors (Lipinski definition) is 4. The zero-order valence-corrected chi connectivity index (χ0v) is 7.69. The first kappa shape index (κ1) is 10.8. The normalized spacial score (nSPS) is 17.2. The average molecular weight is 202 g/mol. The molecule has 0 saturated heterocycles. The van der Waals surface area contributed by atoms with Crippen molar-refractivity contribution in [3.63, 3.8) is 0 Å². The standard InChI is InChI=1S/C8H14N2O4/c11-6(7(12)13)3-4-9-8(14)10-5-1-2-5/h5-6,11H,1-4H2,(H,12,13)(H2,9,10,14)/t6-/m0/s1. The molecule has 0 unspecified atom stereocenters. The van der Waals surface area contributed by atoms with Crippen molar-refractivity contribution in [2.45, 2.75) is 31.4 Å². The van der Waals surface area contributed by atoms with Crippen LogP contribution in [0.3, 0.4) is 0 Å². The Hall–Kier alpha value is -1.30. The molecule has 4 N–H and O–H groups in total. The maximum absolute atomic E-state index is 11.0. The summed E-state index contributed by atoms with van der Waals surface area (Å²) in [5, 5.41) is 22.3. The zero-order valence-electron chi connectivity index (χ0n) is 7.69. The van der Waals surface area contributed by atoms with Crippen molar-refractivity contribution in [2.24, 2.45) is 0 Å². The average Bonchev–Trinajstić information content (AvgIpc) is 2.87. The van der Waals surface area contributed by atoms with Gasteiger partial charge in [0, 0.05) is 19.0 Å². The quantitative estimate of drug-likeness (QED) is 0.473. The van der Waals surface area contributed by atoms with Gasteiger partial charge in [-0.25, -0.2) is 9.59 Å². The molecule has 1 saturated carbocycles. The van der Waals surface area contributed by atoms with Gasteiger partial charge in [0.15, 0.2) is 6.10 Å². The largest absolute Gasteiger partial charge is 0.479 e. The Morgan fingerprint density at radius 3 is 2.57 bits per heavy atom. The lowest BCUT2D eigenvalue weighted by Crippen LogP contribution is -2.38.